The molecule has 3 aromatic rings. The van der Waals surface area contributed by atoms with Gasteiger partial charge in [-0.2, -0.15) is 9.57 Å². The minimum atomic E-state index is -3.98. The second-order valence-corrected chi connectivity index (χ2v) is 8.95. The molecule has 0 atom stereocenters. The van der Waals surface area contributed by atoms with Gasteiger partial charge >= 0.3 is 0 Å². The average molecular weight is 416 g/mol. The molecule has 0 radical (unpaired) electrons. The lowest BCUT2D eigenvalue weighted by Crippen LogP contribution is -2.37. The number of nitrogens with one attached hydrogen (secondary N) is 1. The van der Waals surface area contributed by atoms with Crippen LogP contribution < -0.4 is 10.2 Å². The van der Waals surface area contributed by atoms with Gasteiger partial charge in [-0.1, -0.05) is 35.6 Å². The number of hydrogen-bond acceptors (Lipinski definition) is 6. The molecule has 144 valence electrons. The highest BCUT2D eigenvalue weighted by Crippen LogP contribution is 2.18. The summed E-state index contributed by atoms with van der Waals surface area (Å²) in [4.78, 5) is 12.6. The summed E-state index contributed by atoms with van der Waals surface area (Å²) >= 11 is 1.41. The predicted molar refractivity (Wildman–Crippen MR) is 105 cm³/mol. The molecule has 1 amide bonds. The van der Waals surface area contributed by atoms with Gasteiger partial charge in [-0.05, 0) is 24.3 Å². The monoisotopic (exact) mass is 415 g/mol. The number of aryl methyl sites for hydroxylation is 1. The molecule has 0 aliphatic rings. The third kappa shape index (κ3) is 3.82. The Kier molecular flexibility index (Phi) is 5.60. The zero-order valence-corrected chi connectivity index (χ0v) is 16.8. The Bertz CT molecular complexity index is 1250. The first-order chi connectivity index (χ1) is 13.3. The van der Waals surface area contributed by atoms with E-state index in [9.17, 15) is 13.2 Å². The Hall–Kier alpha value is -3.00. The molecule has 8 nitrogen and oxygen atoms in total. The van der Waals surface area contributed by atoms with Crippen molar-refractivity contribution < 1.29 is 13.2 Å². The number of carbonyl (C=O) groups excluding carboxylic acids is 1. The van der Waals surface area contributed by atoms with Gasteiger partial charge in [0.2, 0.25) is 14.8 Å². The van der Waals surface area contributed by atoms with Crippen molar-refractivity contribution >= 4 is 37.5 Å². The van der Waals surface area contributed by atoms with Gasteiger partial charge in [0.05, 0.1) is 27.2 Å². The maximum atomic E-state index is 12.7. The fourth-order valence-electron chi connectivity index (χ4n) is 2.57. The molecule has 0 aliphatic heterocycles. The normalized spacial score (nSPS) is 12.3. The third-order valence-corrected chi connectivity index (χ3v) is 7.03. The number of hydrogen-bond donors (Lipinski definition) is 1. The maximum absolute atomic E-state index is 12.7. The number of carbonyl (C=O) groups is 1. The molecule has 0 fully saturated rings. The number of para-hydroxylation sites is 1. The number of thiazole rings is 1. The number of nitriles is 1. The van der Waals surface area contributed by atoms with Crippen LogP contribution in [0.3, 0.4) is 0 Å². The van der Waals surface area contributed by atoms with E-state index in [4.69, 9.17) is 5.26 Å². The second kappa shape index (κ2) is 7.93. The Morgan fingerprint density at radius 2 is 1.93 bits per heavy atom. The number of likely N-dealkylation sites (N-methyl/N-ethyl adjacent to an activating group) is 1. The Morgan fingerprint density at radius 3 is 2.64 bits per heavy atom. The van der Waals surface area contributed by atoms with Gasteiger partial charge in [0.1, 0.15) is 6.07 Å². The van der Waals surface area contributed by atoms with E-state index in [1.807, 2.05) is 41.9 Å². The van der Waals surface area contributed by atoms with E-state index < -0.39 is 22.5 Å². The van der Waals surface area contributed by atoms with Gasteiger partial charge in [-0.3, -0.25) is 4.79 Å². The Morgan fingerprint density at radius 1 is 1.25 bits per heavy atom. The number of fused-ring (bicyclic) bond motifs is 1. The smallest absolute Gasteiger partial charge is 0.255 e. The summed E-state index contributed by atoms with van der Waals surface area (Å²) in [7, 11) is -0.870. The van der Waals surface area contributed by atoms with Crippen LogP contribution in [0.5, 0.6) is 0 Å². The van der Waals surface area contributed by atoms with E-state index in [0.29, 0.717) is 4.80 Å². The number of rotatable bonds is 5. The minimum Gasteiger partial charge on any atom is -0.318 e. The Labute approximate surface area is 166 Å². The number of sulfonamides is 1. The molecule has 1 aromatic heterocycles. The molecule has 2 aromatic carbocycles. The van der Waals surface area contributed by atoms with E-state index in [-0.39, 0.29) is 10.5 Å². The van der Waals surface area contributed by atoms with Gasteiger partial charge in [0.15, 0.2) is 0 Å². The summed E-state index contributed by atoms with van der Waals surface area (Å²) in [6.45, 7) is -0.430. The van der Waals surface area contributed by atoms with Gasteiger partial charge in [0.25, 0.3) is 5.91 Å². The van der Waals surface area contributed by atoms with Crippen LogP contribution in [0, 0.1) is 11.3 Å². The zero-order valence-electron chi connectivity index (χ0n) is 15.2. The van der Waals surface area contributed by atoms with Gasteiger partial charge in [-0.25, -0.2) is 13.8 Å². The molecule has 1 heterocycles. The topological polar surface area (TPSA) is 108 Å². The Balaban J connectivity index is 1.77. The summed E-state index contributed by atoms with van der Waals surface area (Å²) in [5.41, 5.74) is 3.39. The van der Waals surface area contributed by atoms with Crippen LogP contribution in [-0.2, 0) is 21.9 Å². The molecule has 0 aliphatic carbocycles. The van der Waals surface area contributed by atoms with E-state index in [0.717, 1.165) is 14.5 Å². The quantitative estimate of drug-likeness (QED) is 0.635. The summed E-state index contributed by atoms with van der Waals surface area (Å²) < 4.78 is 29.1. The molecular formula is C18H17N5O3S2. The molecule has 0 bridgehead atoms. The summed E-state index contributed by atoms with van der Waals surface area (Å²) in [6, 6.07) is 15.4. The molecular weight excluding hydrogens is 398 g/mol. The van der Waals surface area contributed by atoms with Crippen LogP contribution in [0.15, 0.2) is 58.5 Å². The molecule has 28 heavy (non-hydrogen) atoms. The zero-order chi connectivity index (χ0) is 20.3. The lowest BCUT2D eigenvalue weighted by Gasteiger charge is -2.16. The van der Waals surface area contributed by atoms with E-state index in [1.54, 1.807) is 6.07 Å². The minimum absolute atomic E-state index is 0.0248. The van der Waals surface area contributed by atoms with Crippen LogP contribution in [0.1, 0.15) is 5.56 Å². The van der Waals surface area contributed by atoms with Crippen LogP contribution in [-0.4, -0.2) is 36.8 Å². The highest BCUT2D eigenvalue weighted by Gasteiger charge is 2.25. The summed E-state index contributed by atoms with van der Waals surface area (Å²) in [6.07, 6.45) is 0. The van der Waals surface area contributed by atoms with E-state index in [2.05, 4.69) is 10.5 Å². The lowest BCUT2D eigenvalue weighted by atomic mass is 10.2. The highest BCUT2D eigenvalue weighted by molar-refractivity contribution is 7.89. The second-order valence-electron chi connectivity index (χ2n) is 5.93. The number of nitrogens with zero attached hydrogens (tertiary/aromatic N) is 4. The van der Waals surface area contributed by atoms with Gasteiger partial charge in [0, 0.05) is 14.1 Å². The van der Waals surface area contributed by atoms with Crippen molar-refractivity contribution in [1.82, 2.24) is 14.3 Å². The summed E-state index contributed by atoms with van der Waals surface area (Å²) in [5.74, 6) is -0.585. The fourth-order valence-corrected chi connectivity index (χ4v) is 4.82. The highest BCUT2D eigenvalue weighted by atomic mass is 32.2. The third-order valence-electron chi connectivity index (χ3n) is 4.05. The lowest BCUT2D eigenvalue weighted by molar-refractivity contribution is -0.121. The molecule has 10 heteroatoms. The summed E-state index contributed by atoms with van der Waals surface area (Å²) in [5, 5.41) is 13.2. The van der Waals surface area contributed by atoms with Gasteiger partial charge < -0.3 is 4.57 Å². The molecule has 1 N–H and O–H groups in total. The number of aromatic nitrogens is 1. The van der Waals surface area contributed by atoms with Crippen molar-refractivity contribution in [2.24, 2.45) is 12.1 Å². The first-order valence-electron chi connectivity index (χ1n) is 8.17. The number of benzene rings is 2. The van der Waals surface area contributed by atoms with Crippen molar-refractivity contribution in [1.29, 1.82) is 5.26 Å². The van der Waals surface area contributed by atoms with Crippen molar-refractivity contribution in [3.63, 3.8) is 0 Å². The predicted octanol–water partition coefficient (Wildman–Crippen LogP) is 1.36. The molecule has 0 unspecified atom stereocenters. The first kappa shape index (κ1) is 19.8. The maximum Gasteiger partial charge on any atom is 0.255 e. The molecule has 0 saturated carbocycles. The average Bonchev–Trinajstić information content (AvgIpc) is 3.02. The van der Waals surface area contributed by atoms with Crippen molar-refractivity contribution in [3.8, 4) is 6.07 Å². The van der Waals surface area contributed by atoms with Crippen LogP contribution in [0.2, 0.25) is 0 Å². The van der Waals surface area contributed by atoms with Crippen molar-refractivity contribution in [2.45, 2.75) is 4.90 Å². The molecule has 0 saturated heterocycles. The van der Waals surface area contributed by atoms with E-state index in [1.165, 1.54) is 36.6 Å². The van der Waals surface area contributed by atoms with Crippen molar-refractivity contribution in [3.05, 3.63) is 58.9 Å². The standard InChI is InChI=1S/C18H17N5O3S2/c1-22(28(25,26)16-10-6-3-7-13(16)11-19)12-17(24)20-21-18-23(2)14-8-4-5-9-15(14)27-18/h3-10H,12H2,1-2H3,(H,20,24). The first-order valence-corrected chi connectivity index (χ1v) is 10.4. The van der Waals surface area contributed by atoms with Crippen LogP contribution in [0.25, 0.3) is 10.2 Å². The van der Waals surface area contributed by atoms with Crippen LogP contribution >= 0.6 is 11.3 Å². The largest absolute Gasteiger partial charge is 0.318 e. The molecule has 3 rings (SSSR count). The van der Waals surface area contributed by atoms with Gasteiger partial charge in [-0.15, -0.1) is 5.10 Å². The van der Waals surface area contributed by atoms with E-state index >= 15 is 0 Å². The number of amides is 1. The fraction of sp³-hybridized carbons (Fsp3) is 0.167. The SMILES string of the molecule is CN(CC(=O)NN=c1sc2ccccc2n1C)S(=O)(=O)c1ccccc1C#N. The van der Waals surface area contributed by atoms with Crippen molar-refractivity contribution in [2.75, 3.05) is 13.6 Å². The van der Waals surface area contributed by atoms with Crippen LogP contribution in [0.4, 0.5) is 0 Å². The molecule has 0 spiro atoms.